The van der Waals surface area contributed by atoms with E-state index in [2.05, 4.69) is 11.4 Å². The third kappa shape index (κ3) is 3.65. The molecule has 3 nitrogen and oxygen atoms in total. The molecule has 1 aliphatic rings. The molecule has 24 heavy (non-hydrogen) atoms. The summed E-state index contributed by atoms with van der Waals surface area (Å²) in [5.41, 5.74) is 2.86. The van der Waals surface area contributed by atoms with Gasteiger partial charge < -0.3 is 5.32 Å². The van der Waals surface area contributed by atoms with Crippen molar-refractivity contribution in [3.05, 3.63) is 59.7 Å². The second-order valence-electron chi connectivity index (χ2n) is 6.36. The van der Waals surface area contributed by atoms with Crippen molar-refractivity contribution in [3.8, 4) is 17.2 Å². The van der Waals surface area contributed by atoms with Crippen LogP contribution in [0.5, 0.6) is 0 Å². The largest absolute Gasteiger partial charge is 0.349 e. The lowest BCUT2D eigenvalue weighted by atomic mass is 9.95. The van der Waals surface area contributed by atoms with Gasteiger partial charge in [0.15, 0.2) is 0 Å². The Hall–Kier alpha value is -2.60. The average Bonchev–Trinajstić information content (AvgIpc) is 2.90. The third-order valence-corrected chi connectivity index (χ3v) is 4.70. The molecule has 1 N–H and O–H groups in total. The van der Waals surface area contributed by atoms with Gasteiger partial charge in [-0.25, -0.2) is 0 Å². The van der Waals surface area contributed by atoms with Crippen molar-refractivity contribution in [2.75, 3.05) is 0 Å². The first-order valence-corrected chi connectivity index (χ1v) is 8.69. The van der Waals surface area contributed by atoms with Gasteiger partial charge in [-0.05, 0) is 30.5 Å². The topological polar surface area (TPSA) is 52.9 Å². The standard InChI is InChI=1S/C21H22N2O/c22-15-16-9-5-6-12-18(16)19-13-7-8-14-20(19)21(24)23-17-10-3-1-2-4-11-17/h5-9,12-14,17H,1-4,10-11H2,(H,23,24). The Balaban J connectivity index is 1.89. The van der Waals surface area contributed by atoms with E-state index in [4.69, 9.17) is 0 Å². The molecule has 122 valence electrons. The minimum Gasteiger partial charge on any atom is -0.349 e. The van der Waals surface area contributed by atoms with Gasteiger partial charge in [0.25, 0.3) is 5.91 Å². The Kier molecular flexibility index (Phi) is 5.28. The molecule has 0 aliphatic heterocycles. The Bertz CT molecular complexity index is 752. The minimum atomic E-state index is -0.0368. The van der Waals surface area contributed by atoms with Crippen LogP contribution in [0.3, 0.4) is 0 Å². The summed E-state index contributed by atoms with van der Waals surface area (Å²) in [6.45, 7) is 0. The fourth-order valence-corrected chi connectivity index (χ4v) is 3.42. The van der Waals surface area contributed by atoms with E-state index in [0.29, 0.717) is 11.1 Å². The van der Waals surface area contributed by atoms with Crippen molar-refractivity contribution in [3.63, 3.8) is 0 Å². The molecule has 2 aromatic carbocycles. The van der Waals surface area contributed by atoms with Gasteiger partial charge in [0.1, 0.15) is 0 Å². The predicted molar refractivity (Wildman–Crippen MR) is 95.5 cm³/mol. The number of nitrogens with one attached hydrogen (secondary N) is 1. The Morgan fingerprint density at radius 2 is 1.54 bits per heavy atom. The fourth-order valence-electron chi connectivity index (χ4n) is 3.42. The first kappa shape index (κ1) is 16.3. The molecule has 0 unspecified atom stereocenters. The molecule has 0 atom stereocenters. The van der Waals surface area contributed by atoms with E-state index in [1.807, 2.05) is 42.5 Å². The second-order valence-corrected chi connectivity index (χ2v) is 6.36. The van der Waals surface area contributed by atoms with Crippen LogP contribution in [-0.2, 0) is 0 Å². The second kappa shape index (κ2) is 7.79. The summed E-state index contributed by atoms with van der Waals surface area (Å²) in [5, 5.41) is 12.6. The van der Waals surface area contributed by atoms with Crippen LogP contribution < -0.4 is 5.32 Å². The molecule has 0 saturated heterocycles. The van der Waals surface area contributed by atoms with Gasteiger partial charge in [-0.3, -0.25) is 4.79 Å². The number of amides is 1. The molecule has 1 amide bonds. The van der Waals surface area contributed by atoms with Crippen molar-refractivity contribution < 1.29 is 4.79 Å². The lowest BCUT2D eigenvalue weighted by Gasteiger charge is -2.18. The number of carbonyl (C=O) groups is 1. The minimum absolute atomic E-state index is 0.0368. The Morgan fingerprint density at radius 3 is 2.25 bits per heavy atom. The van der Waals surface area contributed by atoms with Crippen LogP contribution in [0.15, 0.2) is 48.5 Å². The van der Waals surface area contributed by atoms with Gasteiger partial charge in [-0.15, -0.1) is 0 Å². The maximum Gasteiger partial charge on any atom is 0.252 e. The number of hydrogen-bond acceptors (Lipinski definition) is 2. The van der Waals surface area contributed by atoms with Gasteiger partial charge in [0, 0.05) is 17.2 Å². The van der Waals surface area contributed by atoms with Crippen LogP contribution in [-0.4, -0.2) is 11.9 Å². The van der Waals surface area contributed by atoms with E-state index in [-0.39, 0.29) is 11.9 Å². The first-order chi connectivity index (χ1) is 11.8. The van der Waals surface area contributed by atoms with Crippen molar-refractivity contribution in [1.82, 2.24) is 5.32 Å². The molecule has 1 saturated carbocycles. The molecule has 0 spiro atoms. The summed E-state index contributed by atoms with van der Waals surface area (Å²) in [6, 6.07) is 17.5. The zero-order valence-electron chi connectivity index (χ0n) is 13.8. The normalized spacial score (nSPS) is 15.3. The molecule has 0 radical (unpaired) electrons. The summed E-state index contributed by atoms with van der Waals surface area (Å²) in [5.74, 6) is -0.0368. The predicted octanol–water partition coefficient (Wildman–Crippen LogP) is 4.68. The maximum absolute atomic E-state index is 12.8. The number of carbonyl (C=O) groups excluding carboxylic acids is 1. The van der Waals surface area contributed by atoms with Crippen LogP contribution in [0.25, 0.3) is 11.1 Å². The van der Waals surface area contributed by atoms with Gasteiger partial charge >= 0.3 is 0 Å². The van der Waals surface area contributed by atoms with E-state index in [0.717, 1.165) is 24.0 Å². The molecule has 1 fully saturated rings. The number of rotatable bonds is 3. The van der Waals surface area contributed by atoms with E-state index in [9.17, 15) is 10.1 Å². The smallest absolute Gasteiger partial charge is 0.252 e. The quantitative estimate of drug-likeness (QED) is 0.836. The molecule has 0 aromatic heterocycles. The third-order valence-electron chi connectivity index (χ3n) is 4.70. The number of nitriles is 1. The summed E-state index contributed by atoms with van der Waals surface area (Å²) < 4.78 is 0. The molecular formula is C21H22N2O. The van der Waals surface area contributed by atoms with E-state index in [1.54, 1.807) is 6.07 Å². The molecule has 0 bridgehead atoms. The fraction of sp³-hybridized carbons (Fsp3) is 0.333. The van der Waals surface area contributed by atoms with Crippen LogP contribution in [0.4, 0.5) is 0 Å². The lowest BCUT2D eigenvalue weighted by molar-refractivity contribution is 0.0934. The van der Waals surface area contributed by atoms with E-state index >= 15 is 0 Å². The Labute approximate surface area is 143 Å². The number of nitrogens with zero attached hydrogens (tertiary/aromatic N) is 1. The summed E-state index contributed by atoms with van der Waals surface area (Å²) in [6.07, 6.45) is 7.01. The molecule has 3 rings (SSSR count). The van der Waals surface area contributed by atoms with Crippen LogP contribution in [0.2, 0.25) is 0 Å². The Morgan fingerprint density at radius 1 is 0.917 bits per heavy atom. The monoisotopic (exact) mass is 318 g/mol. The summed E-state index contributed by atoms with van der Waals surface area (Å²) >= 11 is 0. The van der Waals surface area contributed by atoms with E-state index < -0.39 is 0 Å². The van der Waals surface area contributed by atoms with Crippen LogP contribution in [0, 0.1) is 11.3 Å². The van der Waals surface area contributed by atoms with Gasteiger partial charge in [-0.1, -0.05) is 62.1 Å². The highest BCUT2D eigenvalue weighted by Gasteiger charge is 2.19. The highest BCUT2D eigenvalue weighted by atomic mass is 16.1. The van der Waals surface area contributed by atoms with Gasteiger partial charge in [0.2, 0.25) is 0 Å². The van der Waals surface area contributed by atoms with Gasteiger partial charge in [0.05, 0.1) is 11.6 Å². The highest BCUT2D eigenvalue weighted by molar-refractivity contribution is 6.01. The number of benzene rings is 2. The van der Waals surface area contributed by atoms with E-state index in [1.165, 1.54) is 25.7 Å². The van der Waals surface area contributed by atoms with Crippen molar-refractivity contribution in [1.29, 1.82) is 5.26 Å². The zero-order valence-corrected chi connectivity index (χ0v) is 13.8. The molecule has 2 aromatic rings. The maximum atomic E-state index is 12.8. The number of hydrogen-bond donors (Lipinski definition) is 1. The van der Waals surface area contributed by atoms with Crippen molar-refractivity contribution in [2.45, 2.75) is 44.6 Å². The highest BCUT2D eigenvalue weighted by Crippen LogP contribution is 2.27. The van der Waals surface area contributed by atoms with Crippen LogP contribution >= 0.6 is 0 Å². The molecule has 1 aliphatic carbocycles. The average molecular weight is 318 g/mol. The van der Waals surface area contributed by atoms with Crippen molar-refractivity contribution in [2.24, 2.45) is 0 Å². The van der Waals surface area contributed by atoms with Gasteiger partial charge in [-0.2, -0.15) is 5.26 Å². The first-order valence-electron chi connectivity index (χ1n) is 8.69. The SMILES string of the molecule is N#Cc1ccccc1-c1ccccc1C(=O)NC1CCCCCC1. The molecule has 3 heteroatoms. The summed E-state index contributed by atoms with van der Waals surface area (Å²) in [4.78, 5) is 12.8. The molecular weight excluding hydrogens is 296 g/mol. The lowest BCUT2D eigenvalue weighted by Crippen LogP contribution is -2.34. The van der Waals surface area contributed by atoms with Crippen LogP contribution in [0.1, 0.15) is 54.4 Å². The molecule has 0 heterocycles. The van der Waals surface area contributed by atoms with Crippen molar-refractivity contribution >= 4 is 5.91 Å². The summed E-state index contributed by atoms with van der Waals surface area (Å²) in [7, 11) is 0. The zero-order chi connectivity index (χ0) is 16.8.